The molecule has 0 aromatic heterocycles. The Bertz CT molecular complexity index is 455. The van der Waals surface area contributed by atoms with Crippen LogP contribution in [-0.4, -0.2) is 86.6 Å². The molecular weight excluding hydrogens is 322 g/mol. The van der Waals surface area contributed by atoms with Crippen molar-refractivity contribution in [2.24, 2.45) is 10.4 Å². The maximum atomic E-state index is 5.11. The lowest BCUT2D eigenvalue weighted by Crippen LogP contribution is -2.53. The molecule has 0 aromatic rings. The number of rotatable bonds is 3. The molecule has 0 aromatic carbocycles. The smallest absolute Gasteiger partial charge is 0.193 e. The van der Waals surface area contributed by atoms with Crippen molar-refractivity contribution in [2.45, 2.75) is 64.3 Å². The molecule has 0 radical (unpaired) electrons. The van der Waals surface area contributed by atoms with E-state index in [0.717, 1.165) is 32.1 Å². The van der Waals surface area contributed by atoms with Gasteiger partial charge in [-0.15, -0.1) is 0 Å². The fourth-order valence-electron chi connectivity index (χ4n) is 5.19. The Morgan fingerprint density at radius 1 is 1.00 bits per heavy atom. The minimum atomic E-state index is 0.541. The highest BCUT2D eigenvalue weighted by Crippen LogP contribution is 2.42. The first kappa shape index (κ1) is 19.9. The van der Waals surface area contributed by atoms with Gasteiger partial charge in [-0.25, -0.2) is 0 Å². The van der Waals surface area contributed by atoms with E-state index >= 15 is 0 Å². The number of nitrogens with one attached hydrogen (secondary N) is 1. The van der Waals surface area contributed by atoms with Crippen LogP contribution in [0.4, 0.5) is 0 Å². The van der Waals surface area contributed by atoms with E-state index in [9.17, 15) is 0 Å². The summed E-state index contributed by atoms with van der Waals surface area (Å²) in [7, 11) is 4.48. The van der Waals surface area contributed by atoms with Crippen molar-refractivity contribution in [3.05, 3.63) is 0 Å². The zero-order valence-electron chi connectivity index (χ0n) is 17.5. The van der Waals surface area contributed by atoms with Crippen molar-refractivity contribution < 1.29 is 0 Å². The Kier molecular flexibility index (Phi) is 7.21. The van der Waals surface area contributed by atoms with Crippen molar-refractivity contribution in [3.63, 3.8) is 0 Å². The Morgan fingerprint density at radius 3 is 2.46 bits per heavy atom. The van der Waals surface area contributed by atoms with Crippen molar-refractivity contribution >= 4 is 5.96 Å². The number of likely N-dealkylation sites (tertiary alicyclic amines) is 1. The third kappa shape index (κ3) is 5.13. The molecule has 0 bridgehead atoms. The van der Waals surface area contributed by atoms with Crippen molar-refractivity contribution in [3.8, 4) is 0 Å². The van der Waals surface area contributed by atoms with Crippen LogP contribution in [0.3, 0.4) is 0 Å². The number of aliphatic imine (C=N–C) groups is 1. The largest absolute Gasteiger partial charge is 0.357 e. The molecule has 1 spiro atoms. The quantitative estimate of drug-likeness (QED) is 0.617. The molecule has 5 heteroatoms. The van der Waals surface area contributed by atoms with Gasteiger partial charge in [-0.05, 0) is 52.1 Å². The van der Waals surface area contributed by atoms with Gasteiger partial charge < -0.3 is 15.1 Å². The summed E-state index contributed by atoms with van der Waals surface area (Å²) in [5, 5.41) is 3.60. The highest BCUT2D eigenvalue weighted by molar-refractivity contribution is 5.80. The average molecular weight is 364 g/mol. The number of piperazine rings is 1. The summed E-state index contributed by atoms with van der Waals surface area (Å²) >= 11 is 0. The molecule has 1 atom stereocenters. The molecule has 3 fully saturated rings. The zero-order chi connectivity index (χ0) is 18.4. The fourth-order valence-corrected chi connectivity index (χ4v) is 5.19. The highest BCUT2D eigenvalue weighted by Gasteiger charge is 2.36. The molecule has 5 nitrogen and oxygen atoms in total. The van der Waals surface area contributed by atoms with Gasteiger partial charge in [0.25, 0.3) is 0 Å². The second-order valence-corrected chi connectivity index (χ2v) is 9.03. The number of nitrogens with zero attached hydrogens (tertiary/aromatic N) is 4. The fraction of sp³-hybridized carbons (Fsp3) is 0.952. The van der Waals surface area contributed by atoms with E-state index < -0.39 is 0 Å². The average Bonchev–Trinajstić information content (AvgIpc) is 2.86. The normalized spacial score (nSPS) is 29.0. The maximum Gasteiger partial charge on any atom is 0.193 e. The van der Waals surface area contributed by atoms with Gasteiger partial charge in [-0.3, -0.25) is 9.89 Å². The number of hydrogen-bond acceptors (Lipinski definition) is 3. The summed E-state index contributed by atoms with van der Waals surface area (Å²) in [6.45, 7) is 9.92. The minimum absolute atomic E-state index is 0.541. The Morgan fingerprint density at radius 2 is 1.73 bits per heavy atom. The van der Waals surface area contributed by atoms with Crippen LogP contribution in [0.1, 0.15) is 58.3 Å². The van der Waals surface area contributed by atoms with Crippen molar-refractivity contribution in [2.75, 3.05) is 59.9 Å². The van der Waals surface area contributed by atoms with E-state index in [1.807, 2.05) is 0 Å². The monoisotopic (exact) mass is 363 g/mol. The van der Waals surface area contributed by atoms with Crippen LogP contribution >= 0.6 is 0 Å². The van der Waals surface area contributed by atoms with Gasteiger partial charge in [0.05, 0.1) is 6.54 Å². The predicted molar refractivity (Wildman–Crippen MR) is 111 cm³/mol. The molecule has 3 aliphatic rings. The first-order chi connectivity index (χ1) is 12.6. The van der Waals surface area contributed by atoms with Gasteiger partial charge in [0.1, 0.15) is 0 Å². The van der Waals surface area contributed by atoms with Crippen molar-refractivity contribution in [1.29, 1.82) is 0 Å². The third-order valence-electron chi connectivity index (χ3n) is 6.89. The second-order valence-electron chi connectivity index (χ2n) is 9.03. The second kappa shape index (κ2) is 9.41. The zero-order valence-corrected chi connectivity index (χ0v) is 17.5. The summed E-state index contributed by atoms with van der Waals surface area (Å²) in [5.74, 6) is 1.16. The van der Waals surface area contributed by atoms with Gasteiger partial charge in [-0.2, -0.15) is 0 Å². The summed E-state index contributed by atoms with van der Waals surface area (Å²) in [5.41, 5.74) is 0.562. The van der Waals surface area contributed by atoms with E-state index in [1.54, 1.807) is 0 Å². The molecule has 0 amide bonds. The lowest BCUT2D eigenvalue weighted by atomic mass is 9.74. The Hall–Kier alpha value is -0.810. The Balaban J connectivity index is 1.65. The minimum Gasteiger partial charge on any atom is -0.357 e. The Labute approximate surface area is 161 Å². The molecule has 2 saturated heterocycles. The summed E-state index contributed by atoms with van der Waals surface area (Å²) in [4.78, 5) is 12.6. The molecule has 1 unspecified atom stereocenters. The number of hydrogen-bond donors (Lipinski definition) is 1. The molecule has 3 rings (SSSR count). The molecule has 26 heavy (non-hydrogen) atoms. The molecular formula is C21H41N5. The van der Waals surface area contributed by atoms with Crippen LogP contribution in [0, 0.1) is 5.41 Å². The topological polar surface area (TPSA) is 34.1 Å². The van der Waals surface area contributed by atoms with Crippen LogP contribution in [0.25, 0.3) is 0 Å². The first-order valence-electron chi connectivity index (χ1n) is 11.0. The SMILES string of the molecule is CCNC(=NCC1CN(C)CCN1C)N1CCCC2(CCCCCC2)C1. The van der Waals surface area contributed by atoms with Gasteiger partial charge in [0, 0.05) is 45.3 Å². The number of piperidine rings is 1. The molecule has 1 saturated carbocycles. The maximum absolute atomic E-state index is 5.11. The summed E-state index contributed by atoms with van der Waals surface area (Å²) in [6.07, 6.45) is 11.4. The van der Waals surface area contributed by atoms with Gasteiger partial charge in [-0.1, -0.05) is 25.7 Å². The summed E-state index contributed by atoms with van der Waals surface area (Å²) in [6, 6.07) is 0.541. The third-order valence-corrected chi connectivity index (χ3v) is 6.89. The van der Waals surface area contributed by atoms with Gasteiger partial charge >= 0.3 is 0 Å². The number of guanidine groups is 1. The number of likely N-dealkylation sites (N-methyl/N-ethyl adjacent to an activating group) is 2. The standard InChI is InChI=1S/C21H41N5/c1-4-22-20(23-16-19-17-24(2)14-15-25(19)3)26-13-9-12-21(18-26)10-7-5-6-8-11-21/h19H,4-18H2,1-3H3,(H,22,23). The van der Waals surface area contributed by atoms with Gasteiger partial charge in [0.15, 0.2) is 5.96 Å². The molecule has 2 aliphatic heterocycles. The van der Waals surface area contributed by atoms with E-state index in [1.165, 1.54) is 71.0 Å². The van der Waals surface area contributed by atoms with Crippen LogP contribution in [0.15, 0.2) is 4.99 Å². The van der Waals surface area contributed by atoms with E-state index in [-0.39, 0.29) is 0 Å². The molecule has 1 N–H and O–H groups in total. The van der Waals surface area contributed by atoms with Crippen molar-refractivity contribution in [1.82, 2.24) is 20.0 Å². The highest BCUT2D eigenvalue weighted by atomic mass is 15.3. The van der Waals surface area contributed by atoms with E-state index in [0.29, 0.717) is 11.5 Å². The van der Waals surface area contributed by atoms with E-state index in [4.69, 9.17) is 4.99 Å². The van der Waals surface area contributed by atoms with Crippen LogP contribution in [0.5, 0.6) is 0 Å². The van der Waals surface area contributed by atoms with Crippen LogP contribution in [-0.2, 0) is 0 Å². The molecule has 2 heterocycles. The van der Waals surface area contributed by atoms with Gasteiger partial charge in [0.2, 0.25) is 0 Å². The van der Waals surface area contributed by atoms with E-state index in [2.05, 4.69) is 41.0 Å². The van der Waals surface area contributed by atoms with Crippen LogP contribution in [0.2, 0.25) is 0 Å². The molecule has 150 valence electrons. The van der Waals surface area contributed by atoms with Crippen LogP contribution < -0.4 is 5.32 Å². The first-order valence-corrected chi connectivity index (χ1v) is 11.0. The lowest BCUT2D eigenvalue weighted by molar-refractivity contribution is 0.112. The predicted octanol–water partition coefficient (Wildman–Crippen LogP) is 2.63. The lowest BCUT2D eigenvalue weighted by Gasteiger charge is -2.44. The molecule has 1 aliphatic carbocycles. The summed E-state index contributed by atoms with van der Waals surface area (Å²) < 4.78 is 0.